The zero-order valence-electron chi connectivity index (χ0n) is 11.9. The Morgan fingerprint density at radius 2 is 1.90 bits per heavy atom. The Hall–Kier alpha value is -2.69. The third kappa shape index (κ3) is 3.25. The second kappa shape index (κ2) is 5.75. The van der Waals surface area contributed by atoms with E-state index in [4.69, 9.17) is 5.73 Å². The normalized spacial score (nSPS) is 11.9. The molecule has 0 aromatic heterocycles. The Balaban J connectivity index is 2.25. The van der Waals surface area contributed by atoms with E-state index >= 15 is 0 Å². The Morgan fingerprint density at radius 1 is 1.19 bits per heavy atom. The third-order valence-electron chi connectivity index (χ3n) is 3.36. The molecule has 1 amide bonds. The number of primary amides is 1. The van der Waals surface area contributed by atoms with Crippen molar-refractivity contribution < 1.29 is 15.0 Å². The summed E-state index contributed by atoms with van der Waals surface area (Å²) in [4.78, 5) is 11.1. The van der Waals surface area contributed by atoms with Crippen molar-refractivity contribution in [2.45, 2.75) is 19.9 Å². The summed E-state index contributed by atoms with van der Waals surface area (Å²) in [6.45, 7) is 3.74. The van der Waals surface area contributed by atoms with E-state index in [1.807, 2.05) is 13.8 Å². The lowest BCUT2D eigenvalue weighted by Gasteiger charge is -2.19. The van der Waals surface area contributed by atoms with Gasteiger partial charge in [-0.3, -0.25) is 4.79 Å². The van der Waals surface area contributed by atoms with Crippen molar-refractivity contribution in [3.63, 3.8) is 0 Å². The topological polar surface area (TPSA) is 95.6 Å². The van der Waals surface area contributed by atoms with Gasteiger partial charge in [0, 0.05) is 16.8 Å². The van der Waals surface area contributed by atoms with Crippen molar-refractivity contribution in [2.75, 3.05) is 5.32 Å². The van der Waals surface area contributed by atoms with Crippen molar-refractivity contribution in [1.82, 2.24) is 0 Å². The Kier molecular flexibility index (Phi) is 4.03. The highest BCUT2D eigenvalue weighted by Crippen LogP contribution is 2.30. The summed E-state index contributed by atoms with van der Waals surface area (Å²) in [6.07, 6.45) is 0. The molecule has 2 aromatic rings. The third-order valence-corrected chi connectivity index (χ3v) is 3.36. The van der Waals surface area contributed by atoms with Gasteiger partial charge in [0.1, 0.15) is 11.5 Å². The lowest BCUT2D eigenvalue weighted by atomic mass is 10.0. The number of amides is 1. The number of carbonyl (C=O) groups excluding carboxylic acids is 1. The van der Waals surface area contributed by atoms with Crippen molar-refractivity contribution >= 4 is 11.6 Å². The monoisotopic (exact) mass is 286 g/mol. The largest absolute Gasteiger partial charge is 0.508 e. The molecule has 5 N–H and O–H groups in total. The van der Waals surface area contributed by atoms with Crippen LogP contribution in [0.5, 0.6) is 11.5 Å². The number of aromatic hydroxyl groups is 2. The van der Waals surface area contributed by atoms with E-state index < -0.39 is 5.91 Å². The van der Waals surface area contributed by atoms with Crippen LogP contribution in [0.15, 0.2) is 36.4 Å². The van der Waals surface area contributed by atoms with Crippen LogP contribution in [0.4, 0.5) is 5.69 Å². The minimum absolute atomic E-state index is 0.0947. The number of benzene rings is 2. The fourth-order valence-electron chi connectivity index (χ4n) is 2.18. The second-order valence-electron chi connectivity index (χ2n) is 5.00. The lowest BCUT2D eigenvalue weighted by Crippen LogP contribution is -2.12. The molecule has 0 aliphatic heterocycles. The first-order valence-electron chi connectivity index (χ1n) is 6.57. The number of phenols is 2. The van der Waals surface area contributed by atoms with Gasteiger partial charge < -0.3 is 21.3 Å². The summed E-state index contributed by atoms with van der Waals surface area (Å²) in [5, 5.41) is 22.6. The molecular formula is C16H18N2O3. The molecule has 1 unspecified atom stereocenters. The maximum Gasteiger partial charge on any atom is 0.248 e. The van der Waals surface area contributed by atoms with Gasteiger partial charge in [-0.25, -0.2) is 0 Å². The standard InChI is InChI=1S/C16H18N2O3/c1-9-7-11(16(17)21)3-5-14(9)18-10(2)13-8-12(19)4-6-15(13)20/h3-8,10,18-20H,1-2H3,(H2,17,21). The molecule has 1 atom stereocenters. The van der Waals surface area contributed by atoms with Crippen molar-refractivity contribution in [1.29, 1.82) is 0 Å². The molecule has 2 rings (SSSR count). The molecule has 110 valence electrons. The number of nitrogens with two attached hydrogens (primary N) is 1. The first-order chi connectivity index (χ1) is 9.88. The van der Waals surface area contributed by atoms with Crippen LogP contribution in [0.3, 0.4) is 0 Å². The Bertz CT molecular complexity index is 683. The van der Waals surface area contributed by atoms with E-state index in [1.54, 1.807) is 18.2 Å². The van der Waals surface area contributed by atoms with E-state index in [9.17, 15) is 15.0 Å². The van der Waals surface area contributed by atoms with Crippen LogP contribution in [0, 0.1) is 6.92 Å². The summed E-state index contributed by atoms with van der Waals surface area (Å²) in [5.74, 6) is -0.264. The maximum atomic E-state index is 11.1. The first-order valence-corrected chi connectivity index (χ1v) is 6.57. The average molecular weight is 286 g/mol. The predicted octanol–water partition coefficient (Wildman–Crippen LogP) is 2.68. The number of anilines is 1. The van der Waals surface area contributed by atoms with Crippen LogP contribution < -0.4 is 11.1 Å². The number of aryl methyl sites for hydroxylation is 1. The van der Waals surface area contributed by atoms with Gasteiger partial charge in [-0.15, -0.1) is 0 Å². The van der Waals surface area contributed by atoms with Gasteiger partial charge in [-0.2, -0.15) is 0 Å². The van der Waals surface area contributed by atoms with Crippen molar-refractivity contribution in [3.05, 3.63) is 53.1 Å². The SMILES string of the molecule is Cc1cc(C(N)=O)ccc1NC(C)c1cc(O)ccc1O. The summed E-state index contributed by atoms with van der Waals surface area (Å²) < 4.78 is 0. The molecule has 0 heterocycles. The zero-order valence-corrected chi connectivity index (χ0v) is 11.9. The van der Waals surface area contributed by atoms with E-state index in [-0.39, 0.29) is 17.5 Å². The molecule has 21 heavy (non-hydrogen) atoms. The molecule has 5 heteroatoms. The second-order valence-corrected chi connectivity index (χ2v) is 5.00. The highest BCUT2D eigenvalue weighted by molar-refractivity contribution is 5.93. The molecule has 0 saturated heterocycles. The lowest BCUT2D eigenvalue weighted by molar-refractivity contribution is 0.1000. The van der Waals surface area contributed by atoms with E-state index in [1.165, 1.54) is 18.2 Å². The van der Waals surface area contributed by atoms with Gasteiger partial charge >= 0.3 is 0 Å². The van der Waals surface area contributed by atoms with Gasteiger partial charge in [-0.05, 0) is 55.8 Å². The van der Waals surface area contributed by atoms with Crippen molar-refractivity contribution in [3.8, 4) is 11.5 Å². The molecule has 0 spiro atoms. The van der Waals surface area contributed by atoms with Crippen LogP contribution in [-0.4, -0.2) is 16.1 Å². The van der Waals surface area contributed by atoms with Crippen LogP contribution in [0.25, 0.3) is 0 Å². The summed E-state index contributed by atoms with van der Waals surface area (Å²) in [7, 11) is 0. The number of carbonyl (C=O) groups is 1. The number of phenolic OH excluding ortho intramolecular Hbond substituents is 2. The molecule has 0 aliphatic rings. The molecule has 0 radical (unpaired) electrons. The number of hydrogen-bond donors (Lipinski definition) is 4. The van der Waals surface area contributed by atoms with Gasteiger partial charge in [0.15, 0.2) is 0 Å². The Labute approximate surface area is 123 Å². The van der Waals surface area contributed by atoms with Gasteiger partial charge in [0.2, 0.25) is 5.91 Å². The molecule has 0 aliphatic carbocycles. The fourth-order valence-corrected chi connectivity index (χ4v) is 2.18. The number of hydrogen-bond acceptors (Lipinski definition) is 4. The summed E-state index contributed by atoms with van der Waals surface area (Å²) in [6, 6.07) is 9.30. The molecule has 0 saturated carbocycles. The molecule has 2 aromatic carbocycles. The zero-order chi connectivity index (χ0) is 15.6. The first kappa shape index (κ1) is 14.7. The van der Waals surface area contributed by atoms with Crippen molar-refractivity contribution in [2.24, 2.45) is 5.73 Å². The van der Waals surface area contributed by atoms with Crippen LogP contribution in [0.1, 0.15) is 34.5 Å². The summed E-state index contributed by atoms with van der Waals surface area (Å²) in [5.41, 5.74) is 7.98. The van der Waals surface area contributed by atoms with Crippen LogP contribution in [0.2, 0.25) is 0 Å². The van der Waals surface area contributed by atoms with Crippen LogP contribution >= 0.6 is 0 Å². The highest BCUT2D eigenvalue weighted by Gasteiger charge is 2.13. The predicted molar refractivity (Wildman–Crippen MR) is 81.5 cm³/mol. The maximum absolute atomic E-state index is 11.1. The quantitative estimate of drug-likeness (QED) is 0.650. The molecular weight excluding hydrogens is 268 g/mol. The number of nitrogens with one attached hydrogen (secondary N) is 1. The van der Waals surface area contributed by atoms with Gasteiger partial charge in [-0.1, -0.05) is 0 Å². The van der Waals surface area contributed by atoms with Gasteiger partial charge in [0.05, 0.1) is 6.04 Å². The molecule has 0 bridgehead atoms. The average Bonchev–Trinajstić information content (AvgIpc) is 2.43. The van der Waals surface area contributed by atoms with E-state index in [0.717, 1.165) is 11.3 Å². The Morgan fingerprint density at radius 3 is 2.52 bits per heavy atom. The molecule has 5 nitrogen and oxygen atoms in total. The number of rotatable bonds is 4. The van der Waals surface area contributed by atoms with Crippen LogP contribution in [-0.2, 0) is 0 Å². The minimum Gasteiger partial charge on any atom is -0.508 e. The minimum atomic E-state index is -0.469. The molecule has 0 fully saturated rings. The summed E-state index contributed by atoms with van der Waals surface area (Å²) >= 11 is 0. The highest BCUT2D eigenvalue weighted by atomic mass is 16.3. The smallest absolute Gasteiger partial charge is 0.248 e. The van der Waals surface area contributed by atoms with Gasteiger partial charge in [0.25, 0.3) is 0 Å². The van der Waals surface area contributed by atoms with E-state index in [0.29, 0.717) is 11.1 Å². The fraction of sp³-hybridized carbons (Fsp3) is 0.188. The van der Waals surface area contributed by atoms with E-state index in [2.05, 4.69) is 5.32 Å².